The quantitative estimate of drug-likeness (QED) is 0.849. The molecule has 92 valence electrons. The van der Waals surface area contributed by atoms with Crippen molar-refractivity contribution in [3.05, 3.63) is 52.4 Å². The molecule has 0 saturated heterocycles. The molecule has 0 aliphatic heterocycles. The van der Waals surface area contributed by atoms with Crippen LogP contribution in [0.2, 0.25) is 0 Å². The maximum absolute atomic E-state index is 13.1. The number of hydrogen-bond acceptors (Lipinski definition) is 3. The number of nitrogens with one attached hydrogen (secondary N) is 1. The first-order valence-electron chi connectivity index (χ1n) is 5.05. The summed E-state index contributed by atoms with van der Waals surface area (Å²) < 4.78 is 13.9. The lowest BCUT2D eigenvalue weighted by Gasteiger charge is -2.08. The van der Waals surface area contributed by atoms with Crippen LogP contribution >= 0.6 is 28.1 Å². The fraction of sp³-hybridized carbons (Fsp3) is 0. The molecule has 0 unspecified atom stereocenters. The van der Waals surface area contributed by atoms with Gasteiger partial charge in [-0.15, -0.1) is 0 Å². The van der Waals surface area contributed by atoms with Gasteiger partial charge in [0.1, 0.15) is 16.6 Å². The second kappa shape index (κ2) is 5.41. The number of aromatic nitrogens is 1. The smallest absolute Gasteiger partial charge is 0.131 e. The van der Waals surface area contributed by atoms with Gasteiger partial charge in [0.05, 0.1) is 11.4 Å². The van der Waals surface area contributed by atoms with Crippen molar-refractivity contribution in [1.82, 2.24) is 4.98 Å². The first-order chi connectivity index (χ1) is 8.56. The van der Waals surface area contributed by atoms with Gasteiger partial charge in [0.25, 0.3) is 0 Å². The summed E-state index contributed by atoms with van der Waals surface area (Å²) in [5.74, 6) is 0.220. The van der Waals surface area contributed by atoms with Gasteiger partial charge in [0.15, 0.2) is 0 Å². The fourth-order valence-corrected chi connectivity index (χ4v) is 1.83. The number of pyridine rings is 1. The van der Waals surface area contributed by atoms with Crippen LogP contribution in [-0.4, -0.2) is 9.97 Å². The number of thiocarbonyl (C=S) groups is 1. The zero-order valence-corrected chi connectivity index (χ0v) is 11.6. The Balaban J connectivity index is 2.31. The molecule has 1 aromatic carbocycles. The summed E-state index contributed by atoms with van der Waals surface area (Å²) in [6, 6.07) is 9.60. The normalized spacial score (nSPS) is 10.1. The van der Waals surface area contributed by atoms with Crippen molar-refractivity contribution in [2.75, 3.05) is 5.32 Å². The Morgan fingerprint density at radius 2 is 2.11 bits per heavy atom. The molecule has 3 nitrogen and oxygen atoms in total. The van der Waals surface area contributed by atoms with Gasteiger partial charge < -0.3 is 11.1 Å². The first-order valence-corrected chi connectivity index (χ1v) is 6.25. The molecule has 0 aliphatic rings. The molecule has 0 atom stereocenters. The van der Waals surface area contributed by atoms with E-state index in [9.17, 15) is 4.39 Å². The number of anilines is 2. The number of nitrogens with zero attached hydrogens (tertiary/aromatic N) is 1. The predicted molar refractivity (Wildman–Crippen MR) is 77.5 cm³/mol. The van der Waals surface area contributed by atoms with E-state index in [1.54, 1.807) is 24.3 Å². The maximum Gasteiger partial charge on any atom is 0.131 e. The Labute approximate surface area is 117 Å². The summed E-state index contributed by atoms with van der Waals surface area (Å²) in [6.45, 7) is 0. The molecule has 2 rings (SSSR count). The predicted octanol–water partition coefficient (Wildman–Crippen LogP) is 3.36. The van der Waals surface area contributed by atoms with Crippen molar-refractivity contribution in [1.29, 1.82) is 0 Å². The van der Waals surface area contributed by atoms with E-state index >= 15 is 0 Å². The van der Waals surface area contributed by atoms with Crippen molar-refractivity contribution < 1.29 is 4.39 Å². The summed E-state index contributed by atoms with van der Waals surface area (Å²) >= 11 is 8.18. The van der Waals surface area contributed by atoms with Crippen molar-refractivity contribution in [2.45, 2.75) is 0 Å². The standard InChI is InChI=1S/C12H9BrFN3S/c13-8-5-4-7(14)6-10(8)17-11-3-1-2-9(16-11)12(15)18/h1-6H,(H2,15,18)(H,16,17). The van der Waals surface area contributed by atoms with Crippen molar-refractivity contribution in [3.8, 4) is 0 Å². The Hall–Kier alpha value is -1.53. The van der Waals surface area contributed by atoms with Crippen LogP contribution in [0.3, 0.4) is 0 Å². The topological polar surface area (TPSA) is 50.9 Å². The third kappa shape index (κ3) is 3.02. The van der Waals surface area contributed by atoms with E-state index in [-0.39, 0.29) is 10.8 Å². The van der Waals surface area contributed by atoms with Crippen LogP contribution in [0.25, 0.3) is 0 Å². The third-order valence-corrected chi connectivity index (χ3v) is 3.09. The van der Waals surface area contributed by atoms with E-state index in [0.29, 0.717) is 17.2 Å². The molecule has 0 spiro atoms. The van der Waals surface area contributed by atoms with Gasteiger partial charge >= 0.3 is 0 Å². The van der Waals surface area contributed by atoms with E-state index in [2.05, 4.69) is 26.2 Å². The molecule has 1 aromatic heterocycles. The minimum absolute atomic E-state index is 0.219. The third-order valence-electron chi connectivity index (χ3n) is 2.19. The highest BCUT2D eigenvalue weighted by molar-refractivity contribution is 9.10. The van der Waals surface area contributed by atoms with Crippen LogP contribution in [-0.2, 0) is 0 Å². The Bertz CT molecular complexity index is 604. The van der Waals surface area contributed by atoms with Gasteiger partial charge in [-0.1, -0.05) is 18.3 Å². The molecule has 0 aliphatic carbocycles. The molecule has 18 heavy (non-hydrogen) atoms. The lowest BCUT2D eigenvalue weighted by atomic mass is 10.3. The molecule has 0 bridgehead atoms. The molecule has 0 amide bonds. The Morgan fingerprint density at radius 3 is 2.83 bits per heavy atom. The van der Waals surface area contributed by atoms with Crippen LogP contribution in [0.1, 0.15) is 5.69 Å². The van der Waals surface area contributed by atoms with Crippen molar-refractivity contribution in [2.24, 2.45) is 5.73 Å². The zero-order valence-electron chi connectivity index (χ0n) is 9.15. The highest BCUT2D eigenvalue weighted by Gasteiger charge is 2.04. The highest BCUT2D eigenvalue weighted by atomic mass is 79.9. The van der Waals surface area contributed by atoms with E-state index < -0.39 is 0 Å². The maximum atomic E-state index is 13.1. The molecule has 6 heteroatoms. The minimum Gasteiger partial charge on any atom is -0.388 e. The average Bonchev–Trinajstić information content (AvgIpc) is 2.34. The van der Waals surface area contributed by atoms with E-state index in [0.717, 1.165) is 4.47 Å². The van der Waals surface area contributed by atoms with Gasteiger partial charge in [0.2, 0.25) is 0 Å². The molecule has 1 heterocycles. The number of halogens is 2. The van der Waals surface area contributed by atoms with Gasteiger partial charge in [0, 0.05) is 4.47 Å². The largest absolute Gasteiger partial charge is 0.388 e. The summed E-state index contributed by atoms with van der Waals surface area (Å²) in [5.41, 5.74) is 6.60. The first kappa shape index (κ1) is 12.9. The molecular formula is C12H9BrFN3S. The Morgan fingerprint density at radius 1 is 1.33 bits per heavy atom. The van der Waals surface area contributed by atoms with Crippen LogP contribution in [0, 0.1) is 5.82 Å². The van der Waals surface area contributed by atoms with Crippen LogP contribution < -0.4 is 11.1 Å². The van der Waals surface area contributed by atoms with Gasteiger partial charge in [-0.25, -0.2) is 9.37 Å². The molecular weight excluding hydrogens is 317 g/mol. The molecule has 3 N–H and O–H groups in total. The van der Waals surface area contributed by atoms with Crippen LogP contribution in [0.5, 0.6) is 0 Å². The van der Waals surface area contributed by atoms with Gasteiger partial charge in [-0.05, 0) is 46.3 Å². The summed E-state index contributed by atoms with van der Waals surface area (Å²) in [7, 11) is 0. The summed E-state index contributed by atoms with van der Waals surface area (Å²) in [5, 5.41) is 3.00. The number of nitrogens with two attached hydrogens (primary N) is 1. The van der Waals surface area contributed by atoms with Crippen LogP contribution in [0.4, 0.5) is 15.9 Å². The lowest BCUT2D eigenvalue weighted by Crippen LogP contribution is -2.12. The second-order valence-electron chi connectivity index (χ2n) is 3.52. The fourth-order valence-electron chi connectivity index (χ4n) is 1.37. The van der Waals surface area contributed by atoms with Crippen molar-refractivity contribution >= 4 is 44.6 Å². The molecule has 0 fully saturated rings. The second-order valence-corrected chi connectivity index (χ2v) is 4.82. The number of rotatable bonds is 3. The highest BCUT2D eigenvalue weighted by Crippen LogP contribution is 2.25. The number of hydrogen-bond donors (Lipinski definition) is 2. The van der Waals surface area contributed by atoms with E-state index in [1.165, 1.54) is 12.1 Å². The van der Waals surface area contributed by atoms with E-state index in [1.807, 2.05) is 0 Å². The number of benzene rings is 1. The molecule has 2 aromatic rings. The SMILES string of the molecule is NC(=S)c1cccc(Nc2cc(F)ccc2Br)n1. The van der Waals surface area contributed by atoms with Gasteiger partial charge in [-0.3, -0.25) is 0 Å². The van der Waals surface area contributed by atoms with Gasteiger partial charge in [-0.2, -0.15) is 0 Å². The Kier molecular flexibility index (Phi) is 3.88. The minimum atomic E-state index is -0.328. The summed E-state index contributed by atoms with van der Waals surface area (Å²) in [6.07, 6.45) is 0. The van der Waals surface area contributed by atoms with Crippen molar-refractivity contribution in [3.63, 3.8) is 0 Å². The molecule has 0 saturated carbocycles. The van der Waals surface area contributed by atoms with E-state index in [4.69, 9.17) is 18.0 Å². The summed E-state index contributed by atoms with van der Waals surface area (Å²) in [4.78, 5) is 4.44. The lowest BCUT2D eigenvalue weighted by molar-refractivity contribution is 0.628. The average molecular weight is 326 g/mol. The van der Waals surface area contributed by atoms with Crippen LogP contribution in [0.15, 0.2) is 40.9 Å². The molecule has 0 radical (unpaired) electrons. The zero-order chi connectivity index (χ0) is 13.1. The monoisotopic (exact) mass is 325 g/mol.